The maximum Gasteiger partial charge on any atom is 0.244 e. The van der Waals surface area contributed by atoms with Crippen LogP contribution in [-0.4, -0.2) is 24.7 Å². The topological polar surface area (TPSA) is 58.6 Å². The van der Waals surface area contributed by atoms with Crippen molar-refractivity contribution in [1.82, 2.24) is 5.32 Å². The van der Waals surface area contributed by atoms with Crippen LogP contribution in [0.3, 0.4) is 0 Å². The van der Waals surface area contributed by atoms with E-state index >= 15 is 0 Å². The van der Waals surface area contributed by atoms with E-state index < -0.39 is 17.8 Å². The number of methoxy groups -OCH3 is 1. The van der Waals surface area contributed by atoms with E-state index in [0.717, 1.165) is 22.1 Å². The maximum atomic E-state index is 13.6. The highest BCUT2D eigenvalue weighted by atomic mass is 19.1. The van der Waals surface area contributed by atoms with Crippen LogP contribution in [0, 0.1) is 5.82 Å². The van der Waals surface area contributed by atoms with Crippen LogP contribution in [0.25, 0.3) is 16.8 Å². The molecule has 5 heteroatoms. The first-order valence-electron chi connectivity index (χ1n) is 8.52. The van der Waals surface area contributed by atoms with Crippen molar-refractivity contribution in [2.24, 2.45) is 0 Å². The van der Waals surface area contributed by atoms with Crippen LogP contribution in [-0.2, 0) is 4.79 Å². The van der Waals surface area contributed by atoms with Gasteiger partial charge in [-0.2, -0.15) is 0 Å². The highest BCUT2D eigenvalue weighted by Crippen LogP contribution is 2.24. The van der Waals surface area contributed by atoms with Crippen LogP contribution in [0.15, 0.2) is 66.7 Å². The number of nitrogens with one attached hydrogen (secondary N) is 1. The highest BCUT2D eigenvalue weighted by molar-refractivity contribution is 5.92. The Morgan fingerprint density at radius 2 is 1.93 bits per heavy atom. The Morgan fingerprint density at radius 1 is 1.15 bits per heavy atom. The molecular formula is C22H20FNO3. The lowest BCUT2D eigenvalue weighted by molar-refractivity contribution is -0.117. The molecule has 1 amide bonds. The molecule has 3 aromatic rings. The summed E-state index contributed by atoms with van der Waals surface area (Å²) in [6.07, 6.45) is 2.66. The zero-order chi connectivity index (χ0) is 19.2. The third-order valence-electron chi connectivity index (χ3n) is 4.29. The van der Waals surface area contributed by atoms with E-state index in [1.54, 1.807) is 25.3 Å². The molecule has 138 valence electrons. The first-order chi connectivity index (χ1) is 13.1. The van der Waals surface area contributed by atoms with Crippen LogP contribution in [0.2, 0.25) is 0 Å². The minimum Gasteiger partial charge on any atom is -0.497 e. The average molecular weight is 365 g/mol. The number of fused-ring (bicyclic) bond motifs is 1. The first-order valence-corrected chi connectivity index (χ1v) is 8.52. The van der Waals surface area contributed by atoms with Gasteiger partial charge in [-0.15, -0.1) is 0 Å². The highest BCUT2D eigenvalue weighted by Gasteiger charge is 2.13. The van der Waals surface area contributed by atoms with E-state index in [2.05, 4.69) is 5.32 Å². The number of aliphatic hydroxyl groups is 1. The lowest BCUT2D eigenvalue weighted by Gasteiger charge is -2.16. The molecule has 0 bridgehead atoms. The van der Waals surface area contributed by atoms with Gasteiger partial charge in [0, 0.05) is 11.6 Å². The van der Waals surface area contributed by atoms with E-state index in [0.29, 0.717) is 5.56 Å². The molecule has 0 saturated carbocycles. The number of amides is 1. The van der Waals surface area contributed by atoms with Crippen LogP contribution in [0.5, 0.6) is 5.75 Å². The predicted molar refractivity (Wildman–Crippen MR) is 104 cm³/mol. The molecule has 0 radical (unpaired) electrons. The van der Waals surface area contributed by atoms with Gasteiger partial charge in [0.2, 0.25) is 5.91 Å². The van der Waals surface area contributed by atoms with Crippen LogP contribution >= 0.6 is 0 Å². The summed E-state index contributed by atoms with van der Waals surface area (Å²) in [4.78, 5) is 12.2. The molecule has 1 atom stereocenters. The average Bonchev–Trinajstić information content (AvgIpc) is 2.70. The SMILES string of the molecule is COc1ccc2ccc(C(CO)NC(=O)C=Cc3ccccc3F)cc2c1. The maximum absolute atomic E-state index is 13.6. The summed E-state index contributed by atoms with van der Waals surface area (Å²) in [5.41, 5.74) is 1.09. The molecule has 0 saturated heterocycles. The molecule has 4 nitrogen and oxygen atoms in total. The lowest BCUT2D eigenvalue weighted by Crippen LogP contribution is -2.29. The Labute approximate surface area is 156 Å². The standard InChI is InChI=1S/C22H20FNO3/c1-27-19-10-8-15-6-7-17(12-18(15)13-19)21(14-25)24-22(26)11-9-16-4-2-3-5-20(16)23/h2-13,21,25H,14H2,1H3,(H,24,26). The van der Waals surface area contributed by atoms with Gasteiger partial charge in [-0.3, -0.25) is 4.79 Å². The van der Waals surface area contributed by atoms with Gasteiger partial charge in [-0.25, -0.2) is 4.39 Å². The number of hydrogen-bond donors (Lipinski definition) is 2. The largest absolute Gasteiger partial charge is 0.497 e. The zero-order valence-electron chi connectivity index (χ0n) is 14.9. The third-order valence-corrected chi connectivity index (χ3v) is 4.29. The quantitative estimate of drug-likeness (QED) is 0.653. The number of hydrogen-bond acceptors (Lipinski definition) is 3. The summed E-state index contributed by atoms with van der Waals surface area (Å²) in [5, 5.41) is 14.4. The first kappa shape index (κ1) is 18.6. The second kappa shape index (κ2) is 8.47. The molecule has 0 aliphatic rings. The molecule has 2 N–H and O–H groups in total. The van der Waals surface area contributed by atoms with E-state index in [9.17, 15) is 14.3 Å². The van der Waals surface area contributed by atoms with Crippen molar-refractivity contribution in [2.75, 3.05) is 13.7 Å². The predicted octanol–water partition coefficient (Wildman–Crippen LogP) is 3.85. The summed E-state index contributed by atoms with van der Waals surface area (Å²) in [7, 11) is 1.60. The fourth-order valence-corrected chi connectivity index (χ4v) is 2.82. The fraction of sp³-hybridized carbons (Fsp3) is 0.136. The smallest absolute Gasteiger partial charge is 0.244 e. The number of benzene rings is 3. The summed E-state index contributed by atoms with van der Waals surface area (Å²) in [5.74, 6) is -0.0798. The molecule has 0 heterocycles. The molecule has 3 aromatic carbocycles. The van der Waals surface area contributed by atoms with Gasteiger partial charge in [0.05, 0.1) is 19.8 Å². The van der Waals surface area contributed by atoms with Crippen molar-refractivity contribution in [3.63, 3.8) is 0 Å². The second-order valence-electron chi connectivity index (χ2n) is 6.07. The normalized spacial score (nSPS) is 12.3. The molecule has 1 unspecified atom stereocenters. The van der Waals surface area contributed by atoms with Gasteiger partial charge in [0.25, 0.3) is 0 Å². The van der Waals surface area contributed by atoms with Crippen molar-refractivity contribution >= 4 is 22.8 Å². The van der Waals surface area contributed by atoms with Gasteiger partial charge >= 0.3 is 0 Å². The molecule has 0 aromatic heterocycles. The number of rotatable bonds is 6. The van der Waals surface area contributed by atoms with Gasteiger partial charge < -0.3 is 15.2 Å². The van der Waals surface area contributed by atoms with Crippen molar-refractivity contribution < 1.29 is 19.0 Å². The Hall–Kier alpha value is -3.18. The summed E-state index contributed by atoms with van der Waals surface area (Å²) in [6, 6.07) is 17.0. The van der Waals surface area contributed by atoms with Gasteiger partial charge in [0.15, 0.2) is 0 Å². The molecule has 0 spiro atoms. The molecular weight excluding hydrogens is 345 g/mol. The Bertz CT molecular complexity index is 984. The van der Waals surface area contributed by atoms with E-state index in [1.807, 2.05) is 36.4 Å². The Balaban J connectivity index is 1.77. The molecule has 3 rings (SSSR count). The molecule has 0 aliphatic carbocycles. The molecule has 0 aliphatic heterocycles. The Kier molecular flexibility index (Phi) is 5.84. The van der Waals surface area contributed by atoms with E-state index in [4.69, 9.17) is 4.74 Å². The Morgan fingerprint density at radius 3 is 2.67 bits per heavy atom. The van der Waals surface area contributed by atoms with Crippen molar-refractivity contribution in [3.8, 4) is 5.75 Å². The van der Waals surface area contributed by atoms with E-state index in [-0.39, 0.29) is 6.61 Å². The summed E-state index contributed by atoms with van der Waals surface area (Å²) < 4.78 is 18.8. The van der Waals surface area contributed by atoms with Gasteiger partial charge in [-0.1, -0.05) is 36.4 Å². The third kappa shape index (κ3) is 4.51. The van der Waals surface area contributed by atoms with Crippen LogP contribution < -0.4 is 10.1 Å². The lowest BCUT2D eigenvalue weighted by atomic mass is 10.0. The molecule has 27 heavy (non-hydrogen) atoms. The number of carbonyl (C=O) groups excluding carboxylic acids is 1. The number of ether oxygens (including phenoxy) is 1. The minimum absolute atomic E-state index is 0.255. The fourth-order valence-electron chi connectivity index (χ4n) is 2.82. The number of halogens is 1. The minimum atomic E-state index is -0.571. The summed E-state index contributed by atoms with van der Waals surface area (Å²) in [6.45, 7) is -0.255. The summed E-state index contributed by atoms with van der Waals surface area (Å²) >= 11 is 0. The number of carbonyl (C=O) groups is 1. The van der Waals surface area contributed by atoms with Gasteiger partial charge in [0.1, 0.15) is 11.6 Å². The van der Waals surface area contributed by atoms with Crippen LogP contribution in [0.4, 0.5) is 4.39 Å². The second-order valence-corrected chi connectivity index (χ2v) is 6.07. The van der Waals surface area contributed by atoms with Crippen molar-refractivity contribution in [3.05, 3.63) is 83.7 Å². The monoisotopic (exact) mass is 365 g/mol. The van der Waals surface area contributed by atoms with Crippen molar-refractivity contribution in [1.29, 1.82) is 0 Å². The number of aliphatic hydroxyl groups excluding tert-OH is 1. The van der Waals surface area contributed by atoms with Crippen molar-refractivity contribution in [2.45, 2.75) is 6.04 Å². The zero-order valence-corrected chi connectivity index (χ0v) is 14.9. The van der Waals surface area contributed by atoms with Gasteiger partial charge in [-0.05, 0) is 46.7 Å². The van der Waals surface area contributed by atoms with E-state index in [1.165, 1.54) is 18.2 Å². The molecule has 0 fully saturated rings. The van der Waals surface area contributed by atoms with Crippen LogP contribution in [0.1, 0.15) is 17.2 Å².